The molecule has 2 rings (SSSR count). The van der Waals surface area contributed by atoms with Gasteiger partial charge in [0.15, 0.2) is 0 Å². The minimum Gasteiger partial charge on any atom is -0.373 e. The van der Waals surface area contributed by atoms with Gasteiger partial charge in [-0.2, -0.15) is 0 Å². The van der Waals surface area contributed by atoms with Crippen molar-refractivity contribution in [3.63, 3.8) is 0 Å². The number of hydrogen-bond acceptors (Lipinski definition) is 3. The highest BCUT2D eigenvalue weighted by Gasteiger charge is 2.13. The molecule has 1 heterocycles. The van der Waals surface area contributed by atoms with Crippen molar-refractivity contribution in [1.29, 1.82) is 0 Å². The number of nitrogens with zero attached hydrogens (tertiary/aromatic N) is 1. The van der Waals surface area contributed by atoms with E-state index in [4.69, 9.17) is 11.6 Å². The van der Waals surface area contributed by atoms with Crippen LogP contribution in [-0.2, 0) is 6.42 Å². The van der Waals surface area contributed by atoms with Crippen LogP contribution in [0.25, 0.3) is 0 Å². The molecule has 0 radical (unpaired) electrons. The van der Waals surface area contributed by atoms with Crippen molar-refractivity contribution < 1.29 is 4.79 Å². The molecule has 2 N–H and O–H groups in total. The number of carbonyl (C=O) groups excluding carboxylic acids is 1. The van der Waals surface area contributed by atoms with Crippen molar-refractivity contribution in [2.24, 2.45) is 0 Å². The lowest BCUT2D eigenvalue weighted by Gasteiger charge is -2.08. The van der Waals surface area contributed by atoms with E-state index in [1.165, 1.54) is 5.56 Å². The van der Waals surface area contributed by atoms with Crippen molar-refractivity contribution in [2.45, 2.75) is 19.8 Å². The number of amides is 1. The summed E-state index contributed by atoms with van der Waals surface area (Å²) in [5.41, 5.74) is 2.19. The first-order valence-electron chi connectivity index (χ1n) is 6.88. The summed E-state index contributed by atoms with van der Waals surface area (Å²) in [6.45, 7) is 2.14. The second kappa shape index (κ2) is 7.09. The van der Waals surface area contributed by atoms with E-state index in [0.29, 0.717) is 10.8 Å². The van der Waals surface area contributed by atoms with Crippen LogP contribution in [0.2, 0.25) is 5.02 Å². The third-order valence-electron chi connectivity index (χ3n) is 3.07. The summed E-state index contributed by atoms with van der Waals surface area (Å²) >= 11 is 6.03. The molecule has 1 amide bonds. The van der Waals surface area contributed by atoms with E-state index >= 15 is 0 Å². The van der Waals surface area contributed by atoms with E-state index in [1.54, 1.807) is 19.2 Å². The summed E-state index contributed by atoms with van der Waals surface area (Å²) in [5.74, 6) is 0.281. The van der Waals surface area contributed by atoms with Crippen molar-refractivity contribution in [3.05, 3.63) is 52.7 Å². The highest BCUT2D eigenvalue weighted by atomic mass is 35.5. The molecule has 4 nitrogen and oxygen atoms in total. The van der Waals surface area contributed by atoms with Crippen LogP contribution in [0.5, 0.6) is 0 Å². The van der Waals surface area contributed by atoms with Crippen molar-refractivity contribution in [3.8, 4) is 0 Å². The molecule has 2 aromatic rings. The predicted molar refractivity (Wildman–Crippen MR) is 87.2 cm³/mol. The number of anilines is 2. The maximum Gasteiger partial charge on any atom is 0.275 e. The molecule has 21 heavy (non-hydrogen) atoms. The van der Waals surface area contributed by atoms with E-state index in [9.17, 15) is 4.79 Å². The molecule has 0 fully saturated rings. The van der Waals surface area contributed by atoms with Crippen LogP contribution in [0.4, 0.5) is 11.5 Å². The Labute approximate surface area is 129 Å². The predicted octanol–water partition coefficient (Wildman–Crippen LogP) is 3.98. The highest BCUT2D eigenvalue weighted by Crippen LogP contribution is 2.18. The number of nitrogens with one attached hydrogen (secondary N) is 2. The standard InChI is InChI=1S/C16H18ClN3O/c1-3-4-11-5-7-12(8-6-11)19-16(21)15-13(17)9-10-14(18-2)20-15/h5-10H,3-4H2,1-2H3,(H,18,20)(H,19,21). The zero-order valence-corrected chi connectivity index (χ0v) is 12.9. The molecule has 0 unspecified atom stereocenters. The first-order chi connectivity index (χ1) is 10.1. The van der Waals surface area contributed by atoms with Crippen molar-refractivity contribution >= 4 is 29.0 Å². The molecular weight excluding hydrogens is 286 g/mol. The van der Waals surface area contributed by atoms with Crippen LogP contribution in [0.15, 0.2) is 36.4 Å². The van der Waals surface area contributed by atoms with Gasteiger partial charge >= 0.3 is 0 Å². The summed E-state index contributed by atoms with van der Waals surface area (Å²) in [7, 11) is 1.74. The Hall–Kier alpha value is -2.07. The van der Waals surface area contributed by atoms with E-state index in [-0.39, 0.29) is 11.6 Å². The van der Waals surface area contributed by atoms with Crippen LogP contribution in [0.1, 0.15) is 29.4 Å². The van der Waals surface area contributed by atoms with Gasteiger partial charge in [0.05, 0.1) is 5.02 Å². The quantitative estimate of drug-likeness (QED) is 0.878. The van der Waals surface area contributed by atoms with Crippen LogP contribution < -0.4 is 10.6 Å². The first kappa shape index (κ1) is 15.3. The third-order valence-corrected chi connectivity index (χ3v) is 3.37. The SMILES string of the molecule is CCCc1ccc(NC(=O)c2nc(NC)ccc2Cl)cc1. The molecule has 0 aliphatic heterocycles. The Morgan fingerprint density at radius 3 is 2.52 bits per heavy atom. The normalized spacial score (nSPS) is 10.2. The lowest BCUT2D eigenvalue weighted by atomic mass is 10.1. The number of aryl methyl sites for hydroxylation is 1. The van der Waals surface area contributed by atoms with Crippen molar-refractivity contribution in [1.82, 2.24) is 4.98 Å². The number of benzene rings is 1. The van der Waals surface area contributed by atoms with Crippen LogP contribution in [-0.4, -0.2) is 17.9 Å². The summed E-state index contributed by atoms with van der Waals surface area (Å²) in [6.07, 6.45) is 2.13. The van der Waals surface area contributed by atoms with Gasteiger partial charge in [0.25, 0.3) is 5.91 Å². The third kappa shape index (κ3) is 3.95. The molecule has 0 atom stereocenters. The molecule has 1 aromatic carbocycles. The zero-order chi connectivity index (χ0) is 15.2. The molecule has 110 valence electrons. The summed E-state index contributed by atoms with van der Waals surface area (Å²) in [5, 5.41) is 6.02. The van der Waals surface area contributed by atoms with Gasteiger partial charge in [-0.3, -0.25) is 4.79 Å². The number of halogens is 1. The summed E-state index contributed by atoms with van der Waals surface area (Å²) in [4.78, 5) is 16.4. The van der Waals surface area contributed by atoms with Gasteiger partial charge in [-0.05, 0) is 36.2 Å². The molecule has 1 aromatic heterocycles. The van der Waals surface area contributed by atoms with Gasteiger partial charge in [-0.1, -0.05) is 37.1 Å². The monoisotopic (exact) mass is 303 g/mol. The van der Waals surface area contributed by atoms with Gasteiger partial charge in [-0.15, -0.1) is 0 Å². The molecule has 0 saturated heterocycles. The zero-order valence-electron chi connectivity index (χ0n) is 12.1. The highest BCUT2D eigenvalue weighted by molar-refractivity contribution is 6.34. The number of carbonyl (C=O) groups is 1. The molecule has 0 saturated carbocycles. The summed E-state index contributed by atoms with van der Waals surface area (Å²) in [6, 6.07) is 11.2. The average Bonchev–Trinajstić information content (AvgIpc) is 2.50. The number of hydrogen-bond donors (Lipinski definition) is 2. The second-order valence-electron chi connectivity index (χ2n) is 4.68. The number of rotatable bonds is 5. The van der Waals surface area contributed by atoms with Gasteiger partial charge < -0.3 is 10.6 Å². The van der Waals surface area contributed by atoms with Gasteiger partial charge in [-0.25, -0.2) is 4.98 Å². The topological polar surface area (TPSA) is 54.0 Å². The Balaban J connectivity index is 2.14. The Morgan fingerprint density at radius 1 is 1.19 bits per heavy atom. The minimum atomic E-state index is -0.319. The molecule has 0 aliphatic rings. The van der Waals surface area contributed by atoms with E-state index in [1.807, 2.05) is 24.3 Å². The van der Waals surface area contributed by atoms with E-state index in [2.05, 4.69) is 22.5 Å². The fourth-order valence-electron chi connectivity index (χ4n) is 1.97. The van der Waals surface area contributed by atoms with Crippen molar-refractivity contribution in [2.75, 3.05) is 17.7 Å². The fraction of sp³-hybridized carbons (Fsp3) is 0.250. The maximum atomic E-state index is 12.2. The van der Waals surface area contributed by atoms with Gasteiger partial charge in [0.1, 0.15) is 11.5 Å². The first-order valence-corrected chi connectivity index (χ1v) is 7.26. The molecule has 5 heteroatoms. The van der Waals surface area contributed by atoms with Gasteiger partial charge in [0, 0.05) is 12.7 Å². The van der Waals surface area contributed by atoms with E-state index in [0.717, 1.165) is 18.5 Å². The van der Waals surface area contributed by atoms with E-state index < -0.39 is 0 Å². The maximum absolute atomic E-state index is 12.2. The van der Waals surface area contributed by atoms with Crippen LogP contribution in [0, 0.1) is 0 Å². The lowest BCUT2D eigenvalue weighted by molar-refractivity contribution is 0.102. The Kier molecular flexibility index (Phi) is 5.17. The smallest absolute Gasteiger partial charge is 0.275 e. The largest absolute Gasteiger partial charge is 0.373 e. The average molecular weight is 304 g/mol. The molecule has 0 bridgehead atoms. The Bertz CT molecular complexity index is 626. The minimum absolute atomic E-state index is 0.209. The Morgan fingerprint density at radius 2 is 1.90 bits per heavy atom. The molecule has 0 spiro atoms. The summed E-state index contributed by atoms with van der Waals surface area (Å²) < 4.78 is 0. The van der Waals surface area contributed by atoms with Crippen LogP contribution in [0.3, 0.4) is 0 Å². The molecule has 0 aliphatic carbocycles. The fourth-order valence-corrected chi connectivity index (χ4v) is 2.17. The molecular formula is C16H18ClN3O. The van der Waals surface area contributed by atoms with Gasteiger partial charge in [0.2, 0.25) is 0 Å². The van der Waals surface area contributed by atoms with Crippen LogP contribution >= 0.6 is 11.6 Å². The lowest BCUT2D eigenvalue weighted by Crippen LogP contribution is -2.15. The number of aromatic nitrogens is 1. The number of pyridine rings is 1. The second-order valence-corrected chi connectivity index (χ2v) is 5.09.